The quantitative estimate of drug-likeness (QED) is 0.873. The molecule has 2 aromatic heterocycles. The second-order valence-electron chi connectivity index (χ2n) is 6.07. The van der Waals surface area contributed by atoms with Gasteiger partial charge in [-0.25, -0.2) is 4.98 Å². The van der Waals surface area contributed by atoms with Gasteiger partial charge in [0, 0.05) is 35.9 Å². The maximum atomic E-state index is 5.91. The Kier molecular flexibility index (Phi) is 4.19. The van der Waals surface area contributed by atoms with Gasteiger partial charge in [-0.05, 0) is 31.7 Å². The molecule has 1 aliphatic heterocycles. The normalized spacial score (nSPS) is 22.5. The summed E-state index contributed by atoms with van der Waals surface area (Å²) in [7, 11) is 0. The third-order valence-corrected chi connectivity index (χ3v) is 5.60. The van der Waals surface area contributed by atoms with Crippen LogP contribution in [0.5, 0.6) is 0 Å². The highest BCUT2D eigenvalue weighted by Gasteiger charge is 2.24. The van der Waals surface area contributed by atoms with Crippen LogP contribution in [0.25, 0.3) is 0 Å². The van der Waals surface area contributed by atoms with E-state index in [1.54, 1.807) is 0 Å². The lowest BCUT2D eigenvalue weighted by atomic mass is 10.0. The molecular formula is C17H21N3OS. The second kappa shape index (κ2) is 6.44. The van der Waals surface area contributed by atoms with Crippen molar-refractivity contribution in [1.29, 1.82) is 0 Å². The molecule has 2 aliphatic rings. The molecule has 22 heavy (non-hydrogen) atoms. The van der Waals surface area contributed by atoms with Crippen molar-refractivity contribution in [2.75, 3.05) is 19.7 Å². The van der Waals surface area contributed by atoms with Gasteiger partial charge in [0.25, 0.3) is 0 Å². The average molecular weight is 315 g/mol. The first-order valence-corrected chi connectivity index (χ1v) is 8.91. The Morgan fingerprint density at radius 3 is 3.14 bits per heavy atom. The van der Waals surface area contributed by atoms with Crippen molar-refractivity contribution in [3.05, 3.63) is 45.7 Å². The number of hydrogen-bond donors (Lipinski definition) is 0. The van der Waals surface area contributed by atoms with Crippen LogP contribution >= 0.6 is 11.3 Å². The number of hydrogen-bond acceptors (Lipinski definition) is 5. The number of ether oxygens (including phenoxy) is 1. The van der Waals surface area contributed by atoms with Crippen molar-refractivity contribution in [2.24, 2.45) is 0 Å². The first kappa shape index (κ1) is 14.3. The number of thiazole rings is 1. The van der Waals surface area contributed by atoms with Crippen molar-refractivity contribution >= 4 is 11.3 Å². The molecule has 0 spiro atoms. The van der Waals surface area contributed by atoms with Crippen LogP contribution in [0.4, 0.5) is 0 Å². The fourth-order valence-electron chi connectivity index (χ4n) is 3.28. The van der Waals surface area contributed by atoms with E-state index in [1.165, 1.54) is 46.8 Å². The van der Waals surface area contributed by atoms with Crippen LogP contribution < -0.4 is 0 Å². The lowest BCUT2D eigenvalue weighted by Crippen LogP contribution is -2.37. The van der Waals surface area contributed by atoms with Gasteiger partial charge < -0.3 is 4.74 Å². The van der Waals surface area contributed by atoms with E-state index >= 15 is 0 Å². The van der Waals surface area contributed by atoms with Gasteiger partial charge in [-0.3, -0.25) is 9.88 Å². The summed E-state index contributed by atoms with van der Waals surface area (Å²) in [6.07, 6.45) is 8.89. The highest BCUT2D eigenvalue weighted by molar-refractivity contribution is 7.11. The number of nitrogens with zero attached hydrogens (tertiary/aromatic N) is 3. The maximum absolute atomic E-state index is 5.91. The summed E-state index contributed by atoms with van der Waals surface area (Å²) in [4.78, 5) is 13.1. The van der Waals surface area contributed by atoms with Crippen molar-refractivity contribution in [1.82, 2.24) is 14.9 Å². The van der Waals surface area contributed by atoms with E-state index in [0.717, 1.165) is 26.2 Å². The summed E-state index contributed by atoms with van der Waals surface area (Å²) in [5, 5.41) is 1.28. The van der Waals surface area contributed by atoms with Gasteiger partial charge in [-0.15, -0.1) is 11.3 Å². The lowest BCUT2D eigenvalue weighted by molar-refractivity contribution is -0.0331. The molecule has 1 aliphatic carbocycles. The Labute approximate surface area is 135 Å². The highest BCUT2D eigenvalue weighted by atomic mass is 32.1. The summed E-state index contributed by atoms with van der Waals surface area (Å²) in [5.41, 5.74) is 2.54. The van der Waals surface area contributed by atoms with E-state index in [1.807, 2.05) is 29.8 Å². The largest absolute Gasteiger partial charge is 0.371 e. The summed E-state index contributed by atoms with van der Waals surface area (Å²) >= 11 is 1.92. The molecule has 116 valence electrons. The smallest absolute Gasteiger partial charge is 0.107 e. The molecule has 2 aromatic rings. The number of fused-ring (bicyclic) bond motifs is 1. The van der Waals surface area contributed by atoms with Crippen molar-refractivity contribution in [3.8, 4) is 0 Å². The molecule has 0 bridgehead atoms. The van der Waals surface area contributed by atoms with Crippen LogP contribution in [-0.2, 0) is 24.1 Å². The average Bonchev–Trinajstić information content (AvgIpc) is 2.98. The first-order valence-electron chi connectivity index (χ1n) is 8.10. The SMILES string of the molecule is c1cncc([C@H]2CN(Cc3nc4c(s3)CCCC4)CCO2)c1. The zero-order valence-electron chi connectivity index (χ0n) is 12.7. The standard InChI is InChI=1S/C17H21N3OS/c1-2-6-16-14(5-1)19-17(22-16)12-20-8-9-21-15(11-20)13-4-3-7-18-10-13/h3-4,7,10,15H,1-2,5-6,8-9,11-12H2/t15-/m1/s1. The Bertz CT molecular complexity index is 605. The van der Waals surface area contributed by atoms with Crippen molar-refractivity contribution < 1.29 is 4.74 Å². The second-order valence-corrected chi connectivity index (χ2v) is 7.23. The summed E-state index contributed by atoms with van der Waals surface area (Å²) in [5.74, 6) is 0. The van der Waals surface area contributed by atoms with E-state index in [9.17, 15) is 0 Å². The molecule has 3 heterocycles. The Morgan fingerprint density at radius 2 is 2.27 bits per heavy atom. The molecule has 1 fully saturated rings. The molecule has 0 amide bonds. The molecule has 0 N–H and O–H groups in total. The number of morpholine rings is 1. The van der Waals surface area contributed by atoms with Crippen LogP contribution in [-0.4, -0.2) is 34.6 Å². The van der Waals surface area contributed by atoms with E-state index in [0.29, 0.717) is 0 Å². The minimum atomic E-state index is 0.136. The Balaban J connectivity index is 1.43. The maximum Gasteiger partial charge on any atom is 0.107 e. The number of aromatic nitrogens is 2. The molecule has 1 saturated heterocycles. The monoisotopic (exact) mass is 315 g/mol. The zero-order chi connectivity index (χ0) is 14.8. The van der Waals surface area contributed by atoms with Gasteiger partial charge in [0.15, 0.2) is 0 Å². The fraction of sp³-hybridized carbons (Fsp3) is 0.529. The Hall–Kier alpha value is -1.30. The van der Waals surface area contributed by atoms with E-state index in [-0.39, 0.29) is 6.10 Å². The topological polar surface area (TPSA) is 38.2 Å². The molecule has 4 rings (SSSR count). The van der Waals surface area contributed by atoms with Gasteiger partial charge in [-0.1, -0.05) is 6.07 Å². The molecule has 0 saturated carbocycles. The molecule has 5 heteroatoms. The third-order valence-electron chi connectivity index (χ3n) is 4.46. The first-order chi connectivity index (χ1) is 10.9. The predicted octanol–water partition coefficient (Wildman–Crippen LogP) is 2.99. The van der Waals surface area contributed by atoms with Crippen LogP contribution in [0.15, 0.2) is 24.5 Å². The molecular weight excluding hydrogens is 294 g/mol. The Morgan fingerprint density at radius 1 is 1.32 bits per heavy atom. The van der Waals surface area contributed by atoms with Gasteiger partial charge in [0.1, 0.15) is 5.01 Å². The molecule has 1 atom stereocenters. The lowest BCUT2D eigenvalue weighted by Gasteiger charge is -2.32. The van der Waals surface area contributed by atoms with E-state index in [4.69, 9.17) is 9.72 Å². The van der Waals surface area contributed by atoms with Crippen LogP contribution in [0.2, 0.25) is 0 Å². The summed E-state index contributed by atoms with van der Waals surface area (Å²) in [6, 6.07) is 4.08. The zero-order valence-corrected chi connectivity index (χ0v) is 13.5. The third kappa shape index (κ3) is 3.07. The summed E-state index contributed by atoms with van der Waals surface area (Å²) in [6.45, 7) is 3.65. The molecule has 0 unspecified atom stereocenters. The predicted molar refractivity (Wildman–Crippen MR) is 87.0 cm³/mol. The number of rotatable bonds is 3. The molecule has 4 nitrogen and oxygen atoms in total. The van der Waals surface area contributed by atoms with Gasteiger partial charge in [-0.2, -0.15) is 0 Å². The summed E-state index contributed by atoms with van der Waals surface area (Å²) < 4.78 is 5.91. The van der Waals surface area contributed by atoms with Gasteiger partial charge in [0.2, 0.25) is 0 Å². The minimum absolute atomic E-state index is 0.136. The molecule has 0 aromatic carbocycles. The van der Waals surface area contributed by atoms with Crippen LogP contribution in [0.1, 0.15) is 40.1 Å². The van der Waals surface area contributed by atoms with Crippen LogP contribution in [0, 0.1) is 0 Å². The number of pyridine rings is 1. The van der Waals surface area contributed by atoms with Crippen molar-refractivity contribution in [2.45, 2.75) is 38.3 Å². The van der Waals surface area contributed by atoms with E-state index < -0.39 is 0 Å². The van der Waals surface area contributed by atoms with E-state index in [2.05, 4.69) is 16.0 Å². The fourth-order valence-corrected chi connectivity index (χ4v) is 4.48. The highest BCUT2D eigenvalue weighted by Crippen LogP contribution is 2.28. The van der Waals surface area contributed by atoms with Crippen molar-refractivity contribution in [3.63, 3.8) is 0 Å². The number of aryl methyl sites for hydroxylation is 2. The van der Waals surface area contributed by atoms with Gasteiger partial charge >= 0.3 is 0 Å². The molecule has 0 radical (unpaired) electrons. The van der Waals surface area contributed by atoms with Gasteiger partial charge in [0.05, 0.1) is 24.9 Å². The van der Waals surface area contributed by atoms with Crippen LogP contribution in [0.3, 0.4) is 0 Å². The minimum Gasteiger partial charge on any atom is -0.371 e.